The second kappa shape index (κ2) is 9.87. The van der Waals surface area contributed by atoms with Gasteiger partial charge in [0.1, 0.15) is 0 Å². The molecule has 1 N–H and O–H groups in total. The fourth-order valence-corrected chi connectivity index (χ4v) is 6.09. The van der Waals surface area contributed by atoms with E-state index < -0.39 is 10.0 Å². The molecule has 1 aliphatic heterocycles. The highest BCUT2D eigenvalue weighted by Crippen LogP contribution is 2.26. The minimum Gasteiger partial charge on any atom is -0.348 e. The molecule has 0 aliphatic carbocycles. The number of amides is 1. The molecule has 1 amide bonds. The summed E-state index contributed by atoms with van der Waals surface area (Å²) in [6, 6.07) is 11.1. The van der Waals surface area contributed by atoms with Crippen LogP contribution in [0, 0.1) is 5.92 Å². The molecule has 0 radical (unpaired) electrons. The predicted octanol–water partition coefficient (Wildman–Crippen LogP) is 4.37. The van der Waals surface area contributed by atoms with Gasteiger partial charge in [-0.3, -0.25) is 4.79 Å². The van der Waals surface area contributed by atoms with Crippen LogP contribution < -0.4 is 5.32 Å². The summed E-state index contributed by atoms with van der Waals surface area (Å²) in [4.78, 5) is 14.0. The molecule has 1 atom stereocenters. The highest BCUT2D eigenvalue weighted by Gasteiger charge is 2.25. The van der Waals surface area contributed by atoms with Crippen LogP contribution in [-0.4, -0.2) is 31.7 Å². The summed E-state index contributed by atoms with van der Waals surface area (Å²) in [5, 5.41) is 5.16. The zero-order chi connectivity index (χ0) is 20.9. The monoisotopic (exact) mass is 434 g/mol. The van der Waals surface area contributed by atoms with E-state index in [0.717, 1.165) is 24.8 Å². The van der Waals surface area contributed by atoms with Crippen molar-refractivity contribution in [3.05, 3.63) is 52.2 Å². The third kappa shape index (κ3) is 5.68. The molecule has 7 heteroatoms. The summed E-state index contributed by atoms with van der Waals surface area (Å²) in [6.07, 6.45) is 3.92. The average molecular weight is 435 g/mol. The third-order valence-corrected chi connectivity index (χ3v) is 8.22. The van der Waals surface area contributed by atoms with Crippen molar-refractivity contribution >= 4 is 27.3 Å². The van der Waals surface area contributed by atoms with E-state index in [1.807, 2.05) is 23.6 Å². The number of thiophene rings is 1. The molecule has 0 bridgehead atoms. The Labute approximate surface area is 178 Å². The van der Waals surface area contributed by atoms with Crippen molar-refractivity contribution in [1.82, 2.24) is 9.62 Å². The van der Waals surface area contributed by atoms with Crippen LogP contribution in [0.2, 0.25) is 0 Å². The fourth-order valence-electron chi connectivity index (χ4n) is 3.62. The highest BCUT2D eigenvalue weighted by molar-refractivity contribution is 7.89. The Balaban J connectivity index is 1.56. The topological polar surface area (TPSA) is 66.5 Å². The summed E-state index contributed by atoms with van der Waals surface area (Å²) in [7, 11) is -3.41. The molecule has 0 saturated carbocycles. The van der Waals surface area contributed by atoms with Crippen molar-refractivity contribution < 1.29 is 13.2 Å². The standard InChI is InChI=1S/C22H30N2O3S2/c1-17(2)22(20-7-6-16-28-20)23-21(25)13-10-18-8-11-19(12-9-18)29(26,27)24-14-4-3-5-15-24/h6-9,11-12,16-17,22H,3-5,10,13-15H2,1-2H3,(H,23,25). The normalized spacial score (nSPS) is 16.7. The summed E-state index contributed by atoms with van der Waals surface area (Å²) in [5.74, 6) is 0.332. The number of rotatable bonds is 8. The third-order valence-electron chi connectivity index (χ3n) is 5.35. The zero-order valence-corrected chi connectivity index (χ0v) is 18.8. The summed E-state index contributed by atoms with van der Waals surface area (Å²) >= 11 is 1.66. The van der Waals surface area contributed by atoms with Gasteiger partial charge in [-0.2, -0.15) is 4.31 Å². The van der Waals surface area contributed by atoms with Crippen LogP contribution in [0.5, 0.6) is 0 Å². The van der Waals surface area contributed by atoms with Gasteiger partial charge in [-0.05, 0) is 54.3 Å². The number of aryl methyl sites for hydroxylation is 1. The van der Waals surface area contributed by atoms with Gasteiger partial charge in [0, 0.05) is 24.4 Å². The van der Waals surface area contributed by atoms with Crippen molar-refractivity contribution in [2.24, 2.45) is 5.92 Å². The summed E-state index contributed by atoms with van der Waals surface area (Å²) < 4.78 is 27.0. The minimum atomic E-state index is -3.41. The summed E-state index contributed by atoms with van der Waals surface area (Å²) in [5.41, 5.74) is 0.968. The number of benzene rings is 1. The molecule has 0 spiro atoms. The van der Waals surface area contributed by atoms with Gasteiger partial charge in [0.25, 0.3) is 0 Å². The maximum atomic E-state index is 12.7. The molecule has 1 aliphatic rings. The Hall–Kier alpha value is -1.70. The van der Waals surface area contributed by atoms with Crippen LogP contribution in [0.15, 0.2) is 46.7 Å². The molecule has 1 aromatic heterocycles. The van der Waals surface area contributed by atoms with E-state index in [9.17, 15) is 13.2 Å². The largest absolute Gasteiger partial charge is 0.348 e. The smallest absolute Gasteiger partial charge is 0.243 e. The second-order valence-corrected chi connectivity index (χ2v) is 10.8. The van der Waals surface area contributed by atoms with Crippen LogP contribution in [0.25, 0.3) is 0 Å². The first-order chi connectivity index (χ1) is 13.9. The van der Waals surface area contributed by atoms with Crippen LogP contribution in [0.3, 0.4) is 0 Å². The van der Waals surface area contributed by atoms with Crippen molar-refractivity contribution in [2.75, 3.05) is 13.1 Å². The Morgan fingerprint density at radius 2 is 1.79 bits per heavy atom. The van der Waals surface area contributed by atoms with Crippen LogP contribution >= 0.6 is 11.3 Å². The number of carbonyl (C=O) groups is 1. The molecule has 29 heavy (non-hydrogen) atoms. The first-order valence-corrected chi connectivity index (χ1v) is 12.6. The van der Waals surface area contributed by atoms with Crippen molar-refractivity contribution in [3.63, 3.8) is 0 Å². The van der Waals surface area contributed by atoms with Crippen LogP contribution in [-0.2, 0) is 21.2 Å². The highest BCUT2D eigenvalue weighted by atomic mass is 32.2. The van der Waals surface area contributed by atoms with Gasteiger partial charge in [-0.15, -0.1) is 11.3 Å². The lowest BCUT2D eigenvalue weighted by Gasteiger charge is -2.25. The van der Waals surface area contributed by atoms with Crippen LogP contribution in [0.4, 0.5) is 0 Å². The quantitative estimate of drug-likeness (QED) is 0.671. The van der Waals surface area contributed by atoms with E-state index in [4.69, 9.17) is 0 Å². The Kier molecular flexibility index (Phi) is 7.49. The Morgan fingerprint density at radius 1 is 1.10 bits per heavy atom. The molecule has 5 nitrogen and oxygen atoms in total. The predicted molar refractivity (Wildman–Crippen MR) is 117 cm³/mol. The fraction of sp³-hybridized carbons (Fsp3) is 0.500. The van der Waals surface area contributed by atoms with Gasteiger partial charge < -0.3 is 5.32 Å². The molecule has 1 fully saturated rings. The maximum absolute atomic E-state index is 12.7. The number of nitrogens with one attached hydrogen (secondary N) is 1. The first kappa shape index (κ1) is 22.0. The molecule has 2 heterocycles. The van der Waals surface area contributed by atoms with E-state index in [2.05, 4.69) is 25.2 Å². The van der Waals surface area contributed by atoms with Gasteiger partial charge in [0.15, 0.2) is 0 Å². The van der Waals surface area contributed by atoms with Gasteiger partial charge in [0.2, 0.25) is 15.9 Å². The molecular formula is C22H30N2O3S2. The molecule has 158 valence electrons. The van der Waals surface area contributed by atoms with Crippen molar-refractivity contribution in [1.29, 1.82) is 0 Å². The first-order valence-electron chi connectivity index (χ1n) is 10.3. The lowest BCUT2D eigenvalue weighted by molar-refractivity contribution is -0.122. The zero-order valence-electron chi connectivity index (χ0n) is 17.1. The van der Waals surface area contributed by atoms with E-state index in [-0.39, 0.29) is 11.9 Å². The second-order valence-electron chi connectivity index (χ2n) is 7.91. The number of sulfonamides is 1. The van der Waals surface area contributed by atoms with Gasteiger partial charge in [-0.25, -0.2) is 8.42 Å². The molecule has 3 rings (SSSR count). The van der Waals surface area contributed by atoms with Crippen molar-refractivity contribution in [3.8, 4) is 0 Å². The number of hydrogen-bond acceptors (Lipinski definition) is 4. The van der Waals surface area contributed by atoms with Gasteiger partial charge >= 0.3 is 0 Å². The number of nitrogens with zero attached hydrogens (tertiary/aromatic N) is 1. The maximum Gasteiger partial charge on any atom is 0.243 e. The molecule has 1 aromatic carbocycles. The van der Waals surface area contributed by atoms with E-state index >= 15 is 0 Å². The molecular weight excluding hydrogens is 404 g/mol. The van der Waals surface area contributed by atoms with Gasteiger partial charge in [-0.1, -0.05) is 38.5 Å². The van der Waals surface area contributed by atoms with E-state index in [0.29, 0.717) is 36.7 Å². The lowest BCUT2D eigenvalue weighted by atomic mass is 10.0. The Morgan fingerprint density at radius 3 is 2.38 bits per heavy atom. The van der Waals surface area contributed by atoms with E-state index in [1.165, 1.54) is 4.88 Å². The summed E-state index contributed by atoms with van der Waals surface area (Å²) in [6.45, 7) is 5.41. The molecule has 2 aromatic rings. The Bertz CT molecular complexity index is 885. The lowest BCUT2D eigenvalue weighted by Crippen LogP contribution is -2.35. The van der Waals surface area contributed by atoms with Crippen LogP contribution in [0.1, 0.15) is 56.0 Å². The molecule has 1 unspecified atom stereocenters. The minimum absolute atomic E-state index is 0.0158. The average Bonchev–Trinajstić information content (AvgIpc) is 3.25. The molecule has 1 saturated heterocycles. The van der Waals surface area contributed by atoms with Crippen molar-refractivity contribution in [2.45, 2.75) is 56.9 Å². The SMILES string of the molecule is CC(C)C(NC(=O)CCc1ccc(S(=O)(=O)N2CCCCC2)cc1)c1cccs1. The number of hydrogen-bond donors (Lipinski definition) is 1. The number of piperidine rings is 1. The number of carbonyl (C=O) groups excluding carboxylic acids is 1. The van der Waals surface area contributed by atoms with E-state index in [1.54, 1.807) is 27.8 Å². The van der Waals surface area contributed by atoms with Gasteiger partial charge in [0.05, 0.1) is 10.9 Å².